The number of piperidine rings is 1. The van der Waals surface area contributed by atoms with Crippen molar-refractivity contribution in [2.24, 2.45) is 0 Å². The molecular weight excluding hydrogens is 600 g/mol. The van der Waals surface area contributed by atoms with Crippen molar-refractivity contribution in [3.05, 3.63) is 70.9 Å². The predicted molar refractivity (Wildman–Crippen MR) is 174 cm³/mol. The zero-order chi connectivity index (χ0) is 31.3. The van der Waals surface area contributed by atoms with Crippen LogP contribution in [0.3, 0.4) is 0 Å². The number of aromatic nitrogens is 1. The van der Waals surface area contributed by atoms with Crippen molar-refractivity contribution in [3.63, 3.8) is 0 Å². The molecule has 2 saturated heterocycles. The number of carboxylic acid groups (broad SMARTS) is 1. The molecule has 0 bridgehead atoms. The standard InChI is InChI=1S/C32H39ClN4O3S.CH2O2/c1-3-40-30-9-5-4-8-25(30)27-12-11-26-28(35-27)21-36(20-24-7-6-16-34-24)22-32(26)14-17-37(18-15-32)29-13-10-23(33)19-31(29)41(2,38)39;2-1-3/h4-5,8-13,19,24,34H,3,6-7,14-18,20-22H2,1-2H3;1H,(H,2,3)/t24-;/m1./s1. The minimum atomic E-state index is -3.41. The number of carbonyl (C=O) groups is 1. The summed E-state index contributed by atoms with van der Waals surface area (Å²) in [6, 6.07) is 18.3. The van der Waals surface area contributed by atoms with Crippen LogP contribution in [0, 0.1) is 0 Å². The van der Waals surface area contributed by atoms with E-state index in [1.165, 1.54) is 24.7 Å². The van der Waals surface area contributed by atoms with Crippen LogP contribution in [0.5, 0.6) is 5.75 Å². The molecule has 4 heterocycles. The molecule has 2 N–H and O–H groups in total. The van der Waals surface area contributed by atoms with Crippen molar-refractivity contribution in [1.29, 1.82) is 0 Å². The van der Waals surface area contributed by atoms with Gasteiger partial charge in [-0.3, -0.25) is 14.7 Å². The predicted octanol–water partition coefficient (Wildman–Crippen LogP) is 5.01. The van der Waals surface area contributed by atoms with E-state index >= 15 is 0 Å². The number of hydrogen-bond donors (Lipinski definition) is 2. The molecule has 9 nitrogen and oxygen atoms in total. The molecule has 0 unspecified atom stereocenters. The summed E-state index contributed by atoms with van der Waals surface area (Å²) in [5.74, 6) is 0.859. The third-order valence-electron chi connectivity index (χ3n) is 8.93. The number of anilines is 1. The van der Waals surface area contributed by atoms with E-state index in [4.69, 9.17) is 31.2 Å². The number of pyridine rings is 1. The molecule has 3 aromatic rings. The highest BCUT2D eigenvalue weighted by Gasteiger charge is 2.43. The number of ether oxygens (including phenoxy) is 1. The molecule has 236 valence electrons. The van der Waals surface area contributed by atoms with E-state index in [9.17, 15) is 8.42 Å². The average Bonchev–Trinajstić information content (AvgIpc) is 3.51. The maximum atomic E-state index is 12.6. The largest absolute Gasteiger partial charge is 0.493 e. The Labute approximate surface area is 265 Å². The van der Waals surface area contributed by atoms with Gasteiger partial charge in [-0.2, -0.15) is 0 Å². The van der Waals surface area contributed by atoms with Crippen molar-refractivity contribution >= 4 is 33.6 Å². The summed E-state index contributed by atoms with van der Waals surface area (Å²) in [6.45, 7) is 7.84. The summed E-state index contributed by atoms with van der Waals surface area (Å²) in [6.07, 6.45) is 5.56. The van der Waals surface area contributed by atoms with Crippen LogP contribution < -0.4 is 15.0 Å². The van der Waals surface area contributed by atoms with Gasteiger partial charge >= 0.3 is 0 Å². The van der Waals surface area contributed by atoms with Gasteiger partial charge in [-0.1, -0.05) is 29.8 Å². The van der Waals surface area contributed by atoms with E-state index in [0.29, 0.717) is 22.6 Å². The molecule has 3 aliphatic heterocycles. The molecule has 0 amide bonds. The van der Waals surface area contributed by atoms with Gasteiger partial charge in [-0.05, 0) is 81.1 Å². The molecule has 1 aromatic heterocycles. The Hall–Kier alpha value is -3.18. The molecule has 1 atom stereocenters. The number of sulfone groups is 1. The fraction of sp³-hybridized carbons (Fsp3) is 0.455. The lowest BCUT2D eigenvalue weighted by atomic mass is 9.69. The third-order valence-corrected chi connectivity index (χ3v) is 10.3. The van der Waals surface area contributed by atoms with Crippen molar-refractivity contribution in [2.45, 2.75) is 55.5 Å². The quantitative estimate of drug-likeness (QED) is 0.344. The molecule has 1 spiro atoms. The number of benzene rings is 2. The fourth-order valence-electron chi connectivity index (χ4n) is 7.00. The number of nitrogens with one attached hydrogen (secondary N) is 1. The Kier molecular flexibility index (Phi) is 10.1. The van der Waals surface area contributed by atoms with Crippen LogP contribution in [0.1, 0.15) is 43.9 Å². The lowest BCUT2D eigenvalue weighted by Crippen LogP contribution is -2.54. The summed E-state index contributed by atoms with van der Waals surface area (Å²) in [7, 11) is -3.41. The molecule has 2 fully saturated rings. The highest BCUT2D eigenvalue weighted by atomic mass is 35.5. The summed E-state index contributed by atoms with van der Waals surface area (Å²) in [5, 5.41) is 11.0. The SMILES string of the molecule is CCOc1ccccc1-c1ccc2c(n1)CN(C[C@H]1CCCN1)CC21CCN(c2ccc(Cl)cc2S(C)(=O)=O)CC1.O=CO. The maximum absolute atomic E-state index is 12.6. The highest BCUT2D eigenvalue weighted by Crippen LogP contribution is 2.44. The number of halogens is 1. The summed E-state index contributed by atoms with van der Waals surface area (Å²) >= 11 is 6.20. The number of rotatable bonds is 7. The minimum absolute atomic E-state index is 0.0364. The Morgan fingerprint density at radius 2 is 1.91 bits per heavy atom. The Morgan fingerprint density at radius 1 is 1.16 bits per heavy atom. The zero-order valence-electron chi connectivity index (χ0n) is 25.3. The Morgan fingerprint density at radius 3 is 2.59 bits per heavy atom. The molecular formula is C33H41ClN4O5S. The van der Waals surface area contributed by atoms with Crippen LogP contribution in [0.25, 0.3) is 11.3 Å². The number of hydrogen-bond acceptors (Lipinski definition) is 8. The van der Waals surface area contributed by atoms with E-state index in [2.05, 4.69) is 33.3 Å². The van der Waals surface area contributed by atoms with Crippen LogP contribution in [-0.2, 0) is 26.6 Å². The lowest BCUT2D eigenvalue weighted by molar-refractivity contribution is -0.122. The molecule has 44 heavy (non-hydrogen) atoms. The number of fused-ring (bicyclic) bond motifs is 2. The lowest BCUT2D eigenvalue weighted by Gasteiger charge is -2.49. The second-order valence-corrected chi connectivity index (χ2v) is 14.3. The second-order valence-electron chi connectivity index (χ2n) is 11.8. The Bertz CT molecular complexity index is 1570. The molecule has 0 radical (unpaired) electrons. The van der Waals surface area contributed by atoms with Crippen LogP contribution in [0.2, 0.25) is 5.02 Å². The number of nitrogens with zero attached hydrogens (tertiary/aromatic N) is 3. The van der Waals surface area contributed by atoms with Gasteiger partial charge in [0.2, 0.25) is 0 Å². The van der Waals surface area contributed by atoms with Crippen LogP contribution >= 0.6 is 11.6 Å². The van der Waals surface area contributed by atoms with Gasteiger partial charge in [0, 0.05) is 61.0 Å². The van der Waals surface area contributed by atoms with E-state index in [1.54, 1.807) is 12.1 Å². The molecule has 6 rings (SSSR count). The van der Waals surface area contributed by atoms with E-state index < -0.39 is 9.84 Å². The van der Waals surface area contributed by atoms with Gasteiger partial charge in [0.05, 0.1) is 28.6 Å². The van der Waals surface area contributed by atoms with E-state index in [-0.39, 0.29) is 11.9 Å². The van der Waals surface area contributed by atoms with E-state index in [0.717, 1.165) is 80.5 Å². The minimum Gasteiger partial charge on any atom is -0.493 e. The monoisotopic (exact) mass is 640 g/mol. The van der Waals surface area contributed by atoms with E-state index in [1.807, 2.05) is 31.2 Å². The second kappa shape index (κ2) is 13.9. The van der Waals surface area contributed by atoms with Gasteiger partial charge in [0.1, 0.15) is 5.75 Å². The average molecular weight is 641 g/mol. The fourth-order valence-corrected chi connectivity index (χ4v) is 8.15. The molecule has 11 heteroatoms. The van der Waals surface area contributed by atoms with Gasteiger partial charge in [-0.15, -0.1) is 0 Å². The molecule has 3 aliphatic rings. The first kappa shape index (κ1) is 32.2. The van der Waals surface area contributed by atoms with Gasteiger partial charge in [-0.25, -0.2) is 8.42 Å². The van der Waals surface area contributed by atoms with Crippen molar-refractivity contribution in [2.75, 3.05) is 50.5 Å². The first-order valence-corrected chi connectivity index (χ1v) is 17.4. The van der Waals surface area contributed by atoms with Crippen LogP contribution in [0.15, 0.2) is 59.5 Å². The summed E-state index contributed by atoms with van der Waals surface area (Å²) < 4.78 is 31.2. The van der Waals surface area contributed by atoms with Crippen molar-refractivity contribution < 1.29 is 23.1 Å². The van der Waals surface area contributed by atoms with Gasteiger partial charge in [0.15, 0.2) is 9.84 Å². The first-order valence-electron chi connectivity index (χ1n) is 15.2. The van der Waals surface area contributed by atoms with Gasteiger partial charge < -0.3 is 20.1 Å². The van der Waals surface area contributed by atoms with Crippen LogP contribution in [-0.4, -0.2) is 81.5 Å². The topological polar surface area (TPSA) is 112 Å². The molecule has 0 saturated carbocycles. The normalized spacial score (nSPS) is 19.6. The molecule has 2 aromatic carbocycles. The van der Waals surface area contributed by atoms with Crippen molar-refractivity contribution in [3.8, 4) is 17.0 Å². The molecule has 0 aliphatic carbocycles. The maximum Gasteiger partial charge on any atom is 0.290 e. The summed E-state index contributed by atoms with van der Waals surface area (Å²) in [5.41, 5.74) is 5.16. The third kappa shape index (κ3) is 7.04. The van der Waals surface area contributed by atoms with Gasteiger partial charge in [0.25, 0.3) is 6.47 Å². The summed E-state index contributed by atoms with van der Waals surface area (Å²) in [4.78, 5) is 18.8. The van der Waals surface area contributed by atoms with Crippen molar-refractivity contribution in [1.82, 2.24) is 15.2 Å². The van der Waals surface area contributed by atoms with Crippen LogP contribution in [0.4, 0.5) is 5.69 Å². The first-order chi connectivity index (χ1) is 21.2. The highest BCUT2D eigenvalue weighted by molar-refractivity contribution is 7.90. The number of para-hydroxylation sites is 1. The Balaban J connectivity index is 0.00000123. The smallest absolute Gasteiger partial charge is 0.290 e. The zero-order valence-corrected chi connectivity index (χ0v) is 26.9.